The maximum atomic E-state index is 12.2. The van der Waals surface area contributed by atoms with Crippen LogP contribution in [0.3, 0.4) is 0 Å². The van der Waals surface area contributed by atoms with E-state index in [-0.39, 0.29) is 26.1 Å². The van der Waals surface area contributed by atoms with Crippen LogP contribution in [0, 0.1) is 0 Å². The van der Waals surface area contributed by atoms with Gasteiger partial charge in [0, 0.05) is 12.1 Å². The summed E-state index contributed by atoms with van der Waals surface area (Å²) in [7, 11) is 2.43. The third-order valence-corrected chi connectivity index (χ3v) is 3.15. The van der Waals surface area contributed by atoms with Crippen LogP contribution in [-0.4, -0.2) is 62.5 Å². The van der Waals surface area contributed by atoms with Crippen molar-refractivity contribution < 1.29 is 28.7 Å². The van der Waals surface area contributed by atoms with Gasteiger partial charge in [0.2, 0.25) is 5.91 Å². The molecule has 0 fully saturated rings. The van der Waals surface area contributed by atoms with Gasteiger partial charge < -0.3 is 19.7 Å². The first-order chi connectivity index (χ1) is 11.5. The highest BCUT2D eigenvalue weighted by atomic mass is 16.5. The van der Waals surface area contributed by atoms with E-state index in [1.54, 1.807) is 30.3 Å². The zero-order valence-electron chi connectivity index (χ0n) is 13.6. The number of nitrogens with zero attached hydrogens (tertiary/aromatic N) is 1. The van der Waals surface area contributed by atoms with Crippen LogP contribution in [0.2, 0.25) is 0 Å². The van der Waals surface area contributed by atoms with Crippen molar-refractivity contribution in [3.63, 3.8) is 0 Å². The Morgan fingerprint density at radius 1 is 1.00 bits per heavy atom. The molecule has 0 bridgehead atoms. The van der Waals surface area contributed by atoms with Gasteiger partial charge in [-0.1, -0.05) is 18.2 Å². The third kappa shape index (κ3) is 6.47. The van der Waals surface area contributed by atoms with Crippen molar-refractivity contribution >= 4 is 23.8 Å². The molecule has 2 amide bonds. The number of benzene rings is 1. The van der Waals surface area contributed by atoms with E-state index in [1.807, 2.05) is 0 Å². The fourth-order valence-corrected chi connectivity index (χ4v) is 1.80. The van der Waals surface area contributed by atoms with Gasteiger partial charge in [-0.25, -0.2) is 0 Å². The SMILES string of the molecule is COC(=O)CCN(CC(=O)OC)C(=O)CNC(=O)c1ccccc1. The van der Waals surface area contributed by atoms with Gasteiger partial charge in [0.1, 0.15) is 6.54 Å². The summed E-state index contributed by atoms with van der Waals surface area (Å²) in [5.41, 5.74) is 0.416. The molecule has 0 aliphatic rings. The lowest BCUT2D eigenvalue weighted by atomic mass is 10.2. The lowest BCUT2D eigenvalue weighted by Crippen LogP contribution is -2.43. The minimum atomic E-state index is -0.623. The van der Waals surface area contributed by atoms with E-state index in [2.05, 4.69) is 14.8 Å². The van der Waals surface area contributed by atoms with Crippen molar-refractivity contribution in [1.82, 2.24) is 10.2 Å². The van der Waals surface area contributed by atoms with Crippen molar-refractivity contribution in [2.24, 2.45) is 0 Å². The molecule has 0 atom stereocenters. The number of ether oxygens (including phenoxy) is 2. The summed E-state index contributed by atoms with van der Waals surface area (Å²) in [5, 5.41) is 2.47. The summed E-state index contributed by atoms with van der Waals surface area (Å²) in [6.07, 6.45) is -0.0636. The number of hydrogen-bond donors (Lipinski definition) is 1. The fraction of sp³-hybridized carbons (Fsp3) is 0.375. The Labute approximate surface area is 139 Å². The molecule has 0 aromatic heterocycles. The monoisotopic (exact) mass is 336 g/mol. The first-order valence-electron chi connectivity index (χ1n) is 7.22. The molecule has 8 nitrogen and oxygen atoms in total. The zero-order chi connectivity index (χ0) is 17.9. The van der Waals surface area contributed by atoms with Crippen LogP contribution < -0.4 is 5.32 Å². The smallest absolute Gasteiger partial charge is 0.325 e. The lowest BCUT2D eigenvalue weighted by molar-refractivity contribution is -0.148. The summed E-state index contributed by atoms with van der Waals surface area (Å²) >= 11 is 0. The van der Waals surface area contributed by atoms with E-state index < -0.39 is 23.8 Å². The van der Waals surface area contributed by atoms with E-state index in [4.69, 9.17) is 0 Å². The maximum absolute atomic E-state index is 12.2. The molecular weight excluding hydrogens is 316 g/mol. The van der Waals surface area contributed by atoms with Crippen LogP contribution >= 0.6 is 0 Å². The number of hydrogen-bond acceptors (Lipinski definition) is 6. The molecule has 1 N–H and O–H groups in total. The molecule has 1 aromatic rings. The molecule has 8 heteroatoms. The molecule has 0 radical (unpaired) electrons. The molecule has 0 saturated heterocycles. The Morgan fingerprint density at radius 3 is 2.21 bits per heavy atom. The quantitative estimate of drug-likeness (QED) is 0.670. The van der Waals surface area contributed by atoms with Gasteiger partial charge in [-0.3, -0.25) is 19.2 Å². The normalized spacial score (nSPS) is 9.75. The van der Waals surface area contributed by atoms with Gasteiger partial charge in [0.15, 0.2) is 0 Å². The number of carbonyl (C=O) groups excluding carboxylic acids is 4. The number of methoxy groups -OCH3 is 2. The molecule has 130 valence electrons. The van der Waals surface area contributed by atoms with Crippen molar-refractivity contribution in [1.29, 1.82) is 0 Å². The van der Waals surface area contributed by atoms with E-state index in [9.17, 15) is 19.2 Å². The first kappa shape index (κ1) is 19.1. The van der Waals surface area contributed by atoms with Gasteiger partial charge in [-0.15, -0.1) is 0 Å². The summed E-state index contributed by atoms with van der Waals surface area (Å²) in [6, 6.07) is 8.41. The van der Waals surface area contributed by atoms with Crippen molar-refractivity contribution in [2.75, 3.05) is 33.9 Å². The minimum absolute atomic E-state index is 0.0121. The first-order valence-corrected chi connectivity index (χ1v) is 7.22. The second-order valence-corrected chi connectivity index (χ2v) is 4.77. The van der Waals surface area contributed by atoms with Gasteiger partial charge in [-0.05, 0) is 12.1 Å². The molecule has 24 heavy (non-hydrogen) atoms. The Kier molecular flexibility index (Phi) is 7.97. The molecular formula is C16H20N2O6. The number of esters is 2. The Balaban J connectivity index is 2.60. The van der Waals surface area contributed by atoms with E-state index in [0.29, 0.717) is 5.56 Å². The minimum Gasteiger partial charge on any atom is -0.469 e. The molecule has 1 aromatic carbocycles. The largest absolute Gasteiger partial charge is 0.469 e. The maximum Gasteiger partial charge on any atom is 0.325 e. The summed E-state index contributed by atoms with van der Waals surface area (Å²) in [5.74, 6) is -2.04. The van der Waals surface area contributed by atoms with E-state index in [0.717, 1.165) is 4.90 Å². The lowest BCUT2D eigenvalue weighted by Gasteiger charge is -2.21. The number of carbonyl (C=O) groups is 4. The predicted molar refractivity (Wildman–Crippen MR) is 84.0 cm³/mol. The number of amides is 2. The highest BCUT2D eigenvalue weighted by molar-refractivity contribution is 5.96. The molecule has 0 aliphatic heterocycles. The second-order valence-electron chi connectivity index (χ2n) is 4.77. The average Bonchev–Trinajstić information content (AvgIpc) is 2.62. The summed E-state index contributed by atoms with van der Waals surface area (Å²) < 4.78 is 9.03. The molecule has 0 spiro atoms. The Hall–Kier alpha value is -2.90. The van der Waals surface area contributed by atoms with Crippen LogP contribution in [0.5, 0.6) is 0 Å². The molecule has 0 heterocycles. The standard InChI is InChI=1S/C16H20N2O6/c1-23-14(20)8-9-18(11-15(21)24-2)13(19)10-17-16(22)12-6-4-3-5-7-12/h3-7H,8-11H2,1-2H3,(H,17,22). The summed E-state index contributed by atoms with van der Waals surface area (Å²) in [4.78, 5) is 47.8. The summed E-state index contributed by atoms with van der Waals surface area (Å²) in [6.45, 7) is -0.624. The molecule has 0 unspecified atom stereocenters. The van der Waals surface area contributed by atoms with Crippen LogP contribution in [0.1, 0.15) is 16.8 Å². The number of rotatable bonds is 8. The molecule has 0 saturated carbocycles. The number of nitrogens with one attached hydrogen (secondary N) is 1. The van der Waals surface area contributed by atoms with E-state index >= 15 is 0 Å². The second kappa shape index (κ2) is 9.98. The highest BCUT2D eigenvalue weighted by Crippen LogP contribution is 1.99. The Bertz CT molecular complexity index is 587. The van der Waals surface area contributed by atoms with Crippen LogP contribution in [0.25, 0.3) is 0 Å². The van der Waals surface area contributed by atoms with Gasteiger partial charge in [0.25, 0.3) is 5.91 Å². The van der Waals surface area contributed by atoms with Gasteiger partial charge in [-0.2, -0.15) is 0 Å². The van der Waals surface area contributed by atoms with Gasteiger partial charge in [0.05, 0.1) is 27.2 Å². The fourth-order valence-electron chi connectivity index (χ4n) is 1.80. The third-order valence-electron chi connectivity index (χ3n) is 3.15. The van der Waals surface area contributed by atoms with Crippen molar-refractivity contribution in [2.45, 2.75) is 6.42 Å². The van der Waals surface area contributed by atoms with Crippen LogP contribution in [0.4, 0.5) is 0 Å². The Morgan fingerprint density at radius 2 is 1.62 bits per heavy atom. The molecule has 1 rings (SSSR count). The average molecular weight is 336 g/mol. The van der Waals surface area contributed by atoms with Crippen molar-refractivity contribution in [3.8, 4) is 0 Å². The zero-order valence-corrected chi connectivity index (χ0v) is 13.6. The van der Waals surface area contributed by atoms with E-state index in [1.165, 1.54) is 14.2 Å². The highest BCUT2D eigenvalue weighted by Gasteiger charge is 2.19. The van der Waals surface area contributed by atoms with Crippen molar-refractivity contribution in [3.05, 3.63) is 35.9 Å². The van der Waals surface area contributed by atoms with Crippen LogP contribution in [-0.2, 0) is 23.9 Å². The van der Waals surface area contributed by atoms with Crippen LogP contribution in [0.15, 0.2) is 30.3 Å². The molecule has 0 aliphatic carbocycles. The van der Waals surface area contributed by atoms with Gasteiger partial charge >= 0.3 is 11.9 Å². The predicted octanol–water partition coefficient (Wildman–Crippen LogP) is -0.0189. The topological polar surface area (TPSA) is 102 Å².